The number of carboxylic acids is 2. The molecule has 0 saturated heterocycles. The van der Waals surface area contributed by atoms with E-state index in [1.807, 2.05) is 12.1 Å². The van der Waals surface area contributed by atoms with Crippen LogP contribution in [0.4, 0.5) is 0 Å². The van der Waals surface area contributed by atoms with Crippen molar-refractivity contribution in [2.75, 3.05) is 0 Å². The summed E-state index contributed by atoms with van der Waals surface area (Å²) < 4.78 is 5.98. The van der Waals surface area contributed by atoms with E-state index in [4.69, 9.17) is 14.9 Å². The second-order valence-corrected chi connectivity index (χ2v) is 8.31. The third kappa shape index (κ3) is 5.26. The molecule has 5 nitrogen and oxygen atoms in total. The van der Waals surface area contributed by atoms with E-state index >= 15 is 0 Å². The number of hydrogen-bond acceptors (Lipinski definition) is 4. The van der Waals surface area contributed by atoms with Gasteiger partial charge in [0.2, 0.25) is 0 Å². The molecule has 0 aromatic heterocycles. The SMILES string of the molecule is CC1(C)CC(C)(C)c2cc(S)ccc2O1.O=C(O)c1cccc(C(=O)O)c1. The van der Waals surface area contributed by atoms with Crippen LogP contribution in [0.3, 0.4) is 0 Å². The molecule has 0 unspecified atom stereocenters. The largest absolute Gasteiger partial charge is 0.488 e. The van der Waals surface area contributed by atoms with Gasteiger partial charge in [0.1, 0.15) is 11.4 Å². The van der Waals surface area contributed by atoms with Crippen LogP contribution in [0.1, 0.15) is 60.4 Å². The standard InChI is InChI=1S/C13H18OS.C8H6O4/c1-12(2)8-13(3,4)14-11-6-5-9(15)7-10(11)12;9-7(10)5-2-1-3-6(4-5)8(11)12/h5-7,15H,8H2,1-4H3;1-4H,(H,9,10)(H,11,12). The average molecular weight is 388 g/mol. The molecule has 2 aromatic carbocycles. The van der Waals surface area contributed by atoms with E-state index in [9.17, 15) is 9.59 Å². The Labute approximate surface area is 164 Å². The predicted molar refractivity (Wildman–Crippen MR) is 106 cm³/mol. The molecule has 1 heterocycles. The Morgan fingerprint density at radius 3 is 2.04 bits per heavy atom. The maximum Gasteiger partial charge on any atom is 0.335 e. The summed E-state index contributed by atoms with van der Waals surface area (Å²) in [6.45, 7) is 8.82. The molecule has 0 fully saturated rings. The summed E-state index contributed by atoms with van der Waals surface area (Å²) in [6.07, 6.45) is 1.03. The summed E-state index contributed by atoms with van der Waals surface area (Å²) in [5.41, 5.74) is 1.32. The van der Waals surface area contributed by atoms with Crippen LogP contribution in [0.2, 0.25) is 0 Å². The third-order valence-electron chi connectivity index (χ3n) is 4.30. The molecule has 0 atom stereocenters. The number of carboxylic acid groups (broad SMARTS) is 2. The van der Waals surface area contributed by atoms with Crippen LogP contribution in [-0.4, -0.2) is 27.8 Å². The fourth-order valence-corrected chi connectivity index (χ4v) is 3.62. The van der Waals surface area contributed by atoms with Crippen LogP contribution in [0.15, 0.2) is 47.4 Å². The number of carbonyl (C=O) groups is 2. The molecule has 1 aliphatic rings. The van der Waals surface area contributed by atoms with E-state index in [0.29, 0.717) is 0 Å². The first-order valence-corrected chi connectivity index (χ1v) is 8.95. The lowest BCUT2D eigenvalue weighted by Crippen LogP contribution is -2.41. The van der Waals surface area contributed by atoms with Gasteiger partial charge in [0.05, 0.1) is 11.1 Å². The molecule has 144 valence electrons. The van der Waals surface area contributed by atoms with Crippen LogP contribution < -0.4 is 4.74 Å². The van der Waals surface area contributed by atoms with Crippen LogP contribution in [0.5, 0.6) is 5.75 Å². The zero-order valence-corrected chi connectivity index (χ0v) is 16.7. The smallest absolute Gasteiger partial charge is 0.335 e. The van der Waals surface area contributed by atoms with Crippen LogP contribution in [0, 0.1) is 0 Å². The van der Waals surface area contributed by atoms with Gasteiger partial charge in [0.25, 0.3) is 0 Å². The Bertz CT molecular complexity index is 841. The van der Waals surface area contributed by atoms with Crippen molar-refractivity contribution in [1.82, 2.24) is 0 Å². The first-order valence-electron chi connectivity index (χ1n) is 8.50. The van der Waals surface area contributed by atoms with E-state index in [0.717, 1.165) is 23.1 Å². The molecule has 0 aliphatic carbocycles. The van der Waals surface area contributed by atoms with Gasteiger partial charge < -0.3 is 14.9 Å². The maximum absolute atomic E-state index is 10.4. The number of ether oxygens (including phenoxy) is 1. The van der Waals surface area contributed by atoms with Gasteiger partial charge in [-0.2, -0.15) is 0 Å². The summed E-state index contributed by atoms with van der Waals surface area (Å²) in [5.74, 6) is -1.25. The second kappa shape index (κ2) is 7.64. The lowest BCUT2D eigenvalue weighted by molar-refractivity contribution is 0.0531. The minimum absolute atomic E-state index is 0.0186. The quantitative estimate of drug-likeness (QED) is 0.638. The zero-order valence-electron chi connectivity index (χ0n) is 15.8. The molecule has 2 N–H and O–H groups in total. The Morgan fingerprint density at radius 2 is 1.52 bits per heavy atom. The number of hydrogen-bond donors (Lipinski definition) is 3. The van der Waals surface area contributed by atoms with Gasteiger partial charge in [-0.05, 0) is 62.1 Å². The molecular weight excluding hydrogens is 364 g/mol. The Hall–Kier alpha value is -2.47. The van der Waals surface area contributed by atoms with Gasteiger partial charge in [-0.15, -0.1) is 12.6 Å². The van der Waals surface area contributed by atoms with Crippen molar-refractivity contribution in [3.05, 3.63) is 59.2 Å². The molecule has 0 saturated carbocycles. The van der Waals surface area contributed by atoms with Crippen LogP contribution in [0.25, 0.3) is 0 Å². The normalized spacial score (nSPS) is 16.2. The molecule has 6 heteroatoms. The van der Waals surface area contributed by atoms with E-state index in [1.165, 1.54) is 23.8 Å². The predicted octanol–water partition coefficient (Wildman–Crippen LogP) is 4.90. The monoisotopic (exact) mass is 388 g/mol. The Morgan fingerprint density at radius 1 is 0.963 bits per heavy atom. The molecule has 3 rings (SSSR count). The van der Waals surface area contributed by atoms with Gasteiger partial charge in [-0.3, -0.25) is 0 Å². The van der Waals surface area contributed by atoms with E-state index < -0.39 is 11.9 Å². The van der Waals surface area contributed by atoms with Crippen molar-refractivity contribution in [1.29, 1.82) is 0 Å². The first kappa shape index (κ1) is 20.8. The molecule has 2 aromatic rings. The van der Waals surface area contributed by atoms with Gasteiger partial charge in [0.15, 0.2) is 0 Å². The van der Waals surface area contributed by atoms with Crippen molar-refractivity contribution in [3.63, 3.8) is 0 Å². The highest BCUT2D eigenvalue weighted by Gasteiger charge is 2.38. The van der Waals surface area contributed by atoms with Crippen molar-refractivity contribution >= 4 is 24.6 Å². The summed E-state index contributed by atoms with van der Waals surface area (Å²) >= 11 is 4.38. The topological polar surface area (TPSA) is 83.8 Å². The number of benzene rings is 2. The highest BCUT2D eigenvalue weighted by molar-refractivity contribution is 7.80. The average Bonchev–Trinajstić information content (AvgIpc) is 2.55. The van der Waals surface area contributed by atoms with Gasteiger partial charge >= 0.3 is 11.9 Å². The van der Waals surface area contributed by atoms with Crippen LogP contribution in [-0.2, 0) is 5.41 Å². The molecule has 0 radical (unpaired) electrons. The lowest BCUT2D eigenvalue weighted by Gasteiger charge is -2.42. The molecule has 0 bridgehead atoms. The van der Waals surface area contributed by atoms with Crippen molar-refractivity contribution in [2.24, 2.45) is 0 Å². The lowest BCUT2D eigenvalue weighted by atomic mass is 9.74. The van der Waals surface area contributed by atoms with Gasteiger partial charge in [-0.1, -0.05) is 19.9 Å². The molecule has 0 amide bonds. The number of thiol groups is 1. The summed E-state index contributed by atoms with van der Waals surface area (Å²) in [4.78, 5) is 21.8. The minimum Gasteiger partial charge on any atom is -0.488 e. The highest BCUT2D eigenvalue weighted by atomic mass is 32.1. The van der Waals surface area contributed by atoms with Crippen molar-refractivity contribution in [3.8, 4) is 5.75 Å². The summed E-state index contributed by atoms with van der Waals surface area (Å²) in [6, 6.07) is 11.3. The van der Waals surface area contributed by atoms with Crippen LogP contribution >= 0.6 is 12.6 Å². The second-order valence-electron chi connectivity index (χ2n) is 7.79. The molecule has 1 aliphatic heterocycles. The summed E-state index contributed by atoms with van der Waals surface area (Å²) in [5, 5.41) is 17.0. The third-order valence-corrected chi connectivity index (χ3v) is 4.58. The number of aromatic carboxylic acids is 2. The highest BCUT2D eigenvalue weighted by Crippen LogP contribution is 2.45. The first-order chi connectivity index (χ1) is 12.4. The molecule has 27 heavy (non-hydrogen) atoms. The Kier molecular flexibility index (Phi) is 5.90. The fourth-order valence-electron chi connectivity index (χ4n) is 3.41. The minimum atomic E-state index is -1.13. The van der Waals surface area contributed by atoms with Crippen molar-refractivity contribution < 1.29 is 24.5 Å². The molecule has 0 spiro atoms. The molecular formula is C21H24O5S. The summed E-state index contributed by atoms with van der Waals surface area (Å²) in [7, 11) is 0. The van der Waals surface area contributed by atoms with E-state index in [2.05, 4.69) is 46.4 Å². The van der Waals surface area contributed by atoms with E-state index in [-0.39, 0.29) is 22.1 Å². The van der Waals surface area contributed by atoms with Crippen molar-refractivity contribution in [2.45, 2.75) is 50.0 Å². The maximum atomic E-state index is 10.4. The number of rotatable bonds is 2. The van der Waals surface area contributed by atoms with E-state index in [1.54, 1.807) is 0 Å². The Balaban J connectivity index is 0.000000199. The van der Waals surface area contributed by atoms with Gasteiger partial charge in [0, 0.05) is 10.5 Å². The zero-order chi connectivity index (χ0) is 20.4. The fraction of sp³-hybridized carbons (Fsp3) is 0.333. The van der Waals surface area contributed by atoms with Gasteiger partial charge in [-0.25, -0.2) is 9.59 Å². The number of fused-ring (bicyclic) bond motifs is 1.